The van der Waals surface area contributed by atoms with Gasteiger partial charge in [-0.15, -0.1) is 0 Å². The first-order chi connectivity index (χ1) is 9.03. The summed E-state index contributed by atoms with van der Waals surface area (Å²) in [5.74, 6) is -0.758. The van der Waals surface area contributed by atoms with Gasteiger partial charge in [0.15, 0.2) is 0 Å². The molecule has 1 aromatic carbocycles. The van der Waals surface area contributed by atoms with Crippen LogP contribution in [0.4, 0.5) is 5.69 Å². The molecule has 6 nitrogen and oxygen atoms in total. The van der Waals surface area contributed by atoms with Gasteiger partial charge < -0.3 is 19.5 Å². The van der Waals surface area contributed by atoms with Crippen LogP contribution in [0.15, 0.2) is 12.1 Å². The normalized spacial score (nSPS) is 9.68. The second-order valence-electron chi connectivity index (χ2n) is 3.70. The van der Waals surface area contributed by atoms with E-state index in [1.54, 1.807) is 26.0 Å². The standard InChI is InChI=1S/C13H17NO5/c1-5-19-13(16)12(15)14-11-8(2)6-9(17-3)7-10(11)18-4/h6-7H,5H2,1-4H3,(H,14,15). The lowest BCUT2D eigenvalue weighted by molar-refractivity contribution is -0.152. The molecule has 0 atom stereocenters. The van der Waals surface area contributed by atoms with E-state index in [9.17, 15) is 9.59 Å². The van der Waals surface area contributed by atoms with E-state index in [1.165, 1.54) is 14.2 Å². The second-order valence-corrected chi connectivity index (χ2v) is 3.70. The highest BCUT2D eigenvalue weighted by Gasteiger charge is 2.19. The molecule has 0 aliphatic carbocycles. The van der Waals surface area contributed by atoms with Crippen LogP contribution in [-0.4, -0.2) is 32.7 Å². The Kier molecular flexibility index (Phi) is 5.17. The maximum atomic E-state index is 11.6. The molecule has 0 fully saturated rings. The molecular formula is C13H17NO5. The van der Waals surface area contributed by atoms with Gasteiger partial charge in [0.1, 0.15) is 11.5 Å². The van der Waals surface area contributed by atoms with Crippen molar-refractivity contribution in [3.63, 3.8) is 0 Å². The Labute approximate surface area is 111 Å². The third-order valence-corrected chi connectivity index (χ3v) is 2.43. The van der Waals surface area contributed by atoms with E-state index in [-0.39, 0.29) is 6.61 Å². The number of esters is 1. The maximum Gasteiger partial charge on any atom is 0.397 e. The van der Waals surface area contributed by atoms with Crippen LogP contribution in [0.5, 0.6) is 11.5 Å². The van der Waals surface area contributed by atoms with Gasteiger partial charge in [0.05, 0.1) is 26.5 Å². The minimum absolute atomic E-state index is 0.144. The Bertz CT molecular complexity index is 484. The topological polar surface area (TPSA) is 73.9 Å². The molecule has 19 heavy (non-hydrogen) atoms. The number of amides is 1. The van der Waals surface area contributed by atoms with Crippen LogP contribution in [0.25, 0.3) is 0 Å². The van der Waals surface area contributed by atoms with Crippen molar-refractivity contribution < 1.29 is 23.8 Å². The monoisotopic (exact) mass is 267 g/mol. The highest BCUT2D eigenvalue weighted by atomic mass is 16.5. The Morgan fingerprint density at radius 2 is 1.89 bits per heavy atom. The molecule has 104 valence electrons. The predicted molar refractivity (Wildman–Crippen MR) is 69.5 cm³/mol. The number of rotatable bonds is 4. The molecule has 0 spiro atoms. The summed E-state index contributed by atoms with van der Waals surface area (Å²) < 4.78 is 14.9. The number of nitrogens with one attached hydrogen (secondary N) is 1. The van der Waals surface area contributed by atoms with Crippen LogP contribution in [-0.2, 0) is 14.3 Å². The molecule has 0 radical (unpaired) electrons. The van der Waals surface area contributed by atoms with E-state index < -0.39 is 11.9 Å². The van der Waals surface area contributed by atoms with Gasteiger partial charge in [-0.05, 0) is 25.5 Å². The van der Waals surface area contributed by atoms with Gasteiger partial charge in [-0.3, -0.25) is 4.79 Å². The van der Waals surface area contributed by atoms with Crippen molar-refractivity contribution in [2.24, 2.45) is 0 Å². The second kappa shape index (κ2) is 6.63. The van der Waals surface area contributed by atoms with Gasteiger partial charge in [0.25, 0.3) is 0 Å². The lowest BCUT2D eigenvalue weighted by atomic mass is 10.1. The number of anilines is 1. The van der Waals surface area contributed by atoms with Gasteiger partial charge in [-0.2, -0.15) is 0 Å². The van der Waals surface area contributed by atoms with E-state index in [1.807, 2.05) is 0 Å². The summed E-state index contributed by atoms with van der Waals surface area (Å²) in [6.07, 6.45) is 0. The zero-order valence-corrected chi connectivity index (χ0v) is 11.4. The molecule has 1 N–H and O–H groups in total. The van der Waals surface area contributed by atoms with Crippen molar-refractivity contribution in [1.82, 2.24) is 0 Å². The van der Waals surface area contributed by atoms with E-state index in [0.717, 1.165) is 0 Å². The van der Waals surface area contributed by atoms with Crippen LogP contribution in [0, 0.1) is 6.92 Å². The molecule has 0 unspecified atom stereocenters. The number of hydrogen-bond donors (Lipinski definition) is 1. The van der Waals surface area contributed by atoms with Gasteiger partial charge >= 0.3 is 11.9 Å². The first kappa shape index (κ1) is 14.8. The van der Waals surface area contributed by atoms with E-state index in [0.29, 0.717) is 22.7 Å². The Morgan fingerprint density at radius 1 is 1.21 bits per heavy atom. The van der Waals surface area contributed by atoms with Gasteiger partial charge in [0.2, 0.25) is 0 Å². The van der Waals surface area contributed by atoms with Crippen LogP contribution in [0.3, 0.4) is 0 Å². The fourth-order valence-corrected chi connectivity index (χ4v) is 1.52. The number of carbonyl (C=O) groups is 2. The number of ether oxygens (including phenoxy) is 3. The number of methoxy groups -OCH3 is 2. The molecular weight excluding hydrogens is 250 g/mol. The number of benzene rings is 1. The molecule has 0 aromatic heterocycles. The maximum absolute atomic E-state index is 11.6. The summed E-state index contributed by atoms with van der Waals surface area (Å²) >= 11 is 0. The molecule has 0 bridgehead atoms. The van der Waals surface area contributed by atoms with Crippen molar-refractivity contribution in [1.29, 1.82) is 0 Å². The minimum atomic E-state index is -0.931. The number of hydrogen-bond acceptors (Lipinski definition) is 5. The summed E-state index contributed by atoms with van der Waals surface area (Å²) in [5.41, 5.74) is 1.13. The molecule has 0 saturated heterocycles. The first-order valence-corrected chi connectivity index (χ1v) is 5.74. The third kappa shape index (κ3) is 3.61. The SMILES string of the molecule is CCOC(=O)C(=O)Nc1c(C)cc(OC)cc1OC. The van der Waals surface area contributed by atoms with Gasteiger partial charge in [0, 0.05) is 6.07 Å². The summed E-state index contributed by atoms with van der Waals surface area (Å²) in [6.45, 7) is 3.54. The molecule has 0 aliphatic rings. The average Bonchev–Trinajstić information content (AvgIpc) is 2.40. The molecule has 0 saturated carbocycles. The van der Waals surface area contributed by atoms with Crippen LogP contribution < -0.4 is 14.8 Å². The summed E-state index contributed by atoms with van der Waals surface area (Å²) in [6, 6.07) is 3.34. The van der Waals surface area contributed by atoms with Crippen LogP contribution >= 0.6 is 0 Å². The fraction of sp³-hybridized carbons (Fsp3) is 0.385. The zero-order chi connectivity index (χ0) is 14.4. The fourth-order valence-electron chi connectivity index (χ4n) is 1.52. The van der Waals surface area contributed by atoms with Crippen LogP contribution in [0.1, 0.15) is 12.5 Å². The molecule has 0 heterocycles. The lowest BCUT2D eigenvalue weighted by Crippen LogP contribution is -2.25. The smallest absolute Gasteiger partial charge is 0.397 e. The molecule has 0 aliphatic heterocycles. The molecule has 1 rings (SSSR count). The summed E-state index contributed by atoms with van der Waals surface area (Å²) in [4.78, 5) is 22.9. The Balaban J connectivity index is 3.00. The third-order valence-electron chi connectivity index (χ3n) is 2.43. The first-order valence-electron chi connectivity index (χ1n) is 5.74. The molecule has 1 amide bonds. The lowest BCUT2D eigenvalue weighted by Gasteiger charge is -2.14. The average molecular weight is 267 g/mol. The molecule has 1 aromatic rings. The minimum Gasteiger partial charge on any atom is -0.497 e. The summed E-state index contributed by atoms with van der Waals surface area (Å²) in [5, 5.41) is 2.47. The van der Waals surface area contributed by atoms with Crippen LogP contribution in [0.2, 0.25) is 0 Å². The number of aryl methyl sites for hydroxylation is 1. The van der Waals surface area contributed by atoms with Crippen molar-refractivity contribution in [3.8, 4) is 11.5 Å². The predicted octanol–water partition coefficient (Wildman–Crippen LogP) is 1.51. The van der Waals surface area contributed by atoms with E-state index in [2.05, 4.69) is 10.1 Å². The number of carbonyl (C=O) groups excluding carboxylic acids is 2. The van der Waals surface area contributed by atoms with Crippen molar-refractivity contribution in [2.45, 2.75) is 13.8 Å². The molecule has 6 heteroatoms. The largest absolute Gasteiger partial charge is 0.497 e. The summed E-state index contributed by atoms with van der Waals surface area (Å²) in [7, 11) is 3.00. The van der Waals surface area contributed by atoms with E-state index in [4.69, 9.17) is 9.47 Å². The van der Waals surface area contributed by atoms with Crippen molar-refractivity contribution in [2.75, 3.05) is 26.1 Å². The highest BCUT2D eigenvalue weighted by molar-refractivity contribution is 6.37. The van der Waals surface area contributed by atoms with Gasteiger partial charge in [-0.1, -0.05) is 0 Å². The quantitative estimate of drug-likeness (QED) is 0.661. The van der Waals surface area contributed by atoms with Crippen molar-refractivity contribution >= 4 is 17.6 Å². The highest BCUT2D eigenvalue weighted by Crippen LogP contribution is 2.32. The zero-order valence-electron chi connectivity index (χ0n) is 11.4. The van der Waals surface area contributed by atoms with Gasteiger partial charge in [-0.25, -0.2) is 4.79 Å². The Hall–Kier alpha value is -2.24. The van der Waals surface area contributed by atoms with E-state index >= 15 is 0 Å². The Morgan fingerprint density at radius 3 is 2.42 bits per heavy atom. The van der Waals surface area contributed by atoms with Crippen molar-refractivity contribution in [3.05, 3.63) is 17.7 Å².